The second-order valence-electron chi connectivity index (χ2n) is 8.87. The van der Waals surface area contributed by atoms with Crippen LogP contribution in [0.1, 0.15) is 67.6 Å². The number of hydrogen-bond acceptors (Lipinski definition) is 2. The zero-order valence-electron chi connectivity index (χ0n) is 16.9. The molecule has 4 heteroatoms. The van der Waals surface area contributed by atoms with E-state index in [0.29, 0.717) is 5.56 Å². The van der Waals surface area contributed by atoms with E-state index in [0.717, 1.165) is 19.8 Å². The fourth-order valence-electron chi connectivity index (χ4n) is 3.81. The molecule has 0 amide bonds. The van der Waals surface area contributed by atoms with Gasteiger partial charge in [0.05, 0.1) is 5.56 Å². The Balaban J connectivity index is 1.80. The summed E-state index contributed by atoms with van der Waals surface area (Å²) in [5, 5.41) is 9.12. The minimum absolute atomic E-state index is 0.191. The lowest BCUT2D eigenvalue weighted by Gasteiger charge is -2.42. The van der Waals surface area contributed by atoms with Crippen molar-refractivity contribution in [3.8, 4) is 0 Å². The quantitative estimate of drug-likeness (QED) is 0.346. The van der Waals surface area contributed by atoms with Crippen LogP contribution in [0.2, 0.25) is 0 Å². The number of fused-ring (bicyclic) bond motifs is 1. The fourth-order valence-corrected chi connectivity index (χ4v) is 5.65. The largest absolute Gasteiger partial charge is 0.478 e. The smallest absolute Gasteiger partial charge is 0.335 e. The monoisotopic (exact) mass is 506 g/mol. The molecule has 0 spiro atoms. The van der Waals surface area contributed by atoms with E-state index < -0.39 is 5.97 Å². The Hall–Kier alpha value is -1.27. The summed E-state index contributed by atoms with van der Waals surface area (Å²) >= 11 is 3.91. The van der Waals surface area contributed by atoms with Gasteiger partial charge in [-0.15, -0.1) is 11.8 Å². The van der Waals surface area contributed by atoms with Gasteiger partial charge in [0.15, 0.2) is 0 Å². The molecule has 0 heterocycles. The maximum atomic E-state index is 11.1. The van der Waals surface area contributed by atoms with E-state index in [1.807, 2.05) is 6.07 Å². The lowest BCUT2D eigenvalue weighted by Crippen LogP contribution is -2.33. The average Bonchev–Trinajstić information content (AvgIpc) is 2.64. The van der Waals surface area contributed by atoms with E-state index in [1.54, 1.807) is 23.9 Å². The van der Waals surface area contributed by atoms with Crippen LogP contribution in [0.4, 0.5) is 0 Å². The summed E-state index contributed by atoms with van der Waals surface area (Å²) < 4.78 is 0.962. The van der Waals surface area contributed by atoms with Crippen molar-refractivity contribution >= 4 is 45.9 Å². The Morgan fingerprint density at radius 3 is 2.25 bits per heavy atom. The minimum Gasteiger partial charge on any atom is -0.478 e. The lowest BCUT2D eigenvalue weighted by atomic mass is 9.63. The van der Waals surface area contributed by atoms with Crippen LogP contribution in [0.3, 0.4) is 0 Å². The first-order chi connectivity index (χ1) is 13.0. The summed E-state index contributed by atoms with van der Waals surface area (Å²) in [5.74, 6) is -0.108. The number of benzene rings is 2. The van der Waals surface area contributed by atoms with Crippen molar-refractivity contribution in [3.05, 3.63) is 68.8 Å². The maximum Gasteiger partial charge on any atom is 0.335 e. The molecule has 2 aromatic rings. The Morgan fingerprint density at radius 1 is 1.04 bits per heavy atom. The molecular formula is C24H27IO2S. The second kappa shape index (κ2) is 7.86. The molecule has 0 bridgehead atoms. The van der Waals surface area contributed by atoms with Crippen LogP contribution in [-0.2, 0) is 10.8 Å². The summed E-state index contributed by atoms with van der Waals surface area (Å²) in [6.45, 7) is 13.7. The predicted octanol–water partition coefficient (Wildman–Crippen LogP) is 7.14. The van der Waals surface area contributed by atoms with E-state index >= 15 is 0 Å². The number of carbonyl (C=O) groups is 1. The molecule has 0 saturated heterocycles. The molecule has 1 aliphatic rings. The topological polar surface area (TPSA) is 37.3 Å². The van der Waals surface area contributed by atoms with Gasteiger partial charge in [0.1, 0.15) is 0 Å². The van der Waals surface area contributed by atoms with Crippen LogP contribution >= 0.6 is 34.4 Å². The zero-order chi connectivity index (χ0) is 20.7. The third-order valence-electron chi connectivity index (χ3n) is 5.84. The van der Waals surface area contributed by atoms with Crippen molar-refractivity contribution < 1.29 is 9.90 Å². The highest BCUT2D eigenvalue weighted by Gasteiger charge is 2.36. The third kappa shape index (κ3) is 4.33. The summed E-state index contributed by atoms with van der Waals surface area (Å²) in [6.07, 6.45) is 2.42. The molecular weight excluding hydrogens is 479 g/mol. The van der Waals surface area contributed by atoms with E-state index in [4.69, 9.17) is 5.11 Å². The van der Waals surface area contributed by atoms with Gasteiger partial charge in [0.2, 0.25) is 0 Å². The number of rotatable bonds is 5. The molecule has 148 valence electrons. The molecule has 0 saturated carbocycles. The Bertz CT molecular complexity index is 944. The fraction of sp³-hybridized carbons (Fsp3) is 0.375. The molecule has 0 aliphatic heterocycles. The Labute approximate surface area is 186 Å². The molecule has 0 radical (unpaired) electrons. The van der Waals surface area contributed by atoms with Crippen LogP contribution in [-0.4, -0.2) is 16.8 Å². The number of halogens is 1. The molecule has 0 aromatic heterocycles. The van der Waals surface area contributed by atoms with Crippen molar-refractivity contribution in [1.29, 1.82) is 0 Å². The normalized spacial score (nSPS) is 17.0. The van der Waals surface area contributed by atoms with Crippen molar-refractivity contribution in [1.82, 2.24) is 0 Å². The van der Waals surface area contributed by atoms with Gasteiger partial charge in [-0.05, 0) is 86.7 Å². The predicted molar refractivity (Wildman–Crippen MR) is 128 cm³/mol. The molecule has 2 nitrogen and oxygen atoms in total. The van der Waals surface area contributed by atoms with Crippen LogP contribution in [0, 0.1) is 3.57 Å². The molecule has 1 N–H and O–H groups in total. The molecule has 2 aromatic carbocycles. The van der Waals surface area contributed by atoms with Crippen LogP contribution in [0.5, 0.6) is 0 Å². The highest BCUT2D eigenvalue weighted by molar-refractivity contribution is 14.1. The third-order valence-corrected chi connectivity index (χ3v) is 8.26. The minimum atomic E-state index is -0.890. The second-order valence-corrected chi connectivity index (χ2v) is 11.1. The SMILES string of the molecule is C=C(CSc1ccc(C(=O)O)cc1I)c1ccc2c(c1)C(C)(C)CCC2(C)C. The summed E-state index contributed by atoms with van der Waals surface area (Å²) in [4.78, 5) is 12.2. The molecule has 0 atom stereocenters. The lowest BCUT2D eigenvalue weighted by molar-refractivity contribution is 0.0696. The van der Waals surface area contributed by atoms with Gasteiger partial charge in [-0.3, -0.25) is 0 Å². The van der Waals surface area contributed by atoms with Crippen molar-refractivity contribution in [2.45, 2.75) is 56.3 Å². The molecule has 3 rings (SSSR count). The number of carboxylic acid groups (broad SMARTS) is 1. The van der Waals surface area contributed by atoms with E-state index in [9.17, 15) is 4.79 Å². The standard InChI is InChI=1S/C24H27IO2S/c1-15(14-28-21-9-7-17(22(26)27)13-20(21)25)16-6-8-18-19(12-16)24(4,5)11-10-23(18,2)3/h6-9,12-13H,1,10-11,14H2,2-5H3,(H,26,27). The van der Waals surface area contributed by atoms with Gasteiger partial charge in [-0.25, -0.2) is 4.79 Å². The van der Waals surface area contributed by atoms with Gasteiger partial charge < -0.3 is 5.11 Å². The van der Waals surface area contributed by atoms with Gasteiger partial charge in [0, 0.05) is 14.2 Å². The number of thioether (sulfide) groups is 1. The number of hydrogen-bond donors (Lipinski definition) is 1. The van der Waals surface area contributed by atoms with E-state index in [2.05, 4.69) is 75.1 Å². The Kier molecular flexibility index (Phi) is 6.02. The van der Waals surface area contributed by atoms with Gasteiger partial charge in [-0.1, -0.05) is 52.5 Å². The van der Waals surface area contributed by atoms with Crippen molar-refractivity contribution in [3.63, 3.8) is 0 Å². The molecule has 28 heavy (non-hydrogen) atoms. The number of aromatic carboxylic acids is 1. The number of carboxylic acids is 1. The maximum absolute atomic E-state index is 11.1. The van der Waals surface area contributed by atoms with Crippen molar-refractivity contribution in [2.24, 2.45) is 0 Å². The van der Waals surface area contributed by atoms with E-state index in [-0.39, 0.29) is 10.8 Å². The van der Waals surface area contributed by atoms with Gasteiger partial charge >= 0.3 is 5.97 Å². The molecule has 0 fully saturated rings. The molecule has 1 aliphatic carbocycles. The first-order valence-electron chi connectivity index (χ1n) is 9.50. The molecule has 0 unspecified atom stereocenters. The summed E-state index contributed by atoms with van der Waals surface area (Å²) in [6, 6.07) is 12.1. The van der Waals surface area contributed by atoms with E-state index in [1.165, 1.54) is 29.5 Å². The van der Waals surface area contributed by atoms with Crippen LogP contribution < -0.4 is 0 Å². The first-order valence-corrected chi connectivity index (χ1v) is 11.6. The van der Waals surface area contributed by atoms with Crippen LogP contribution in [0.25, 0.3) is 5.57 Å². The van der Waals surface area contributed by atoms with Crippen LogP contribution in [0.15, 0.2) is 47.9 Å². The van der Waals surface area contributed by atoms with Gasteiger partial charge in [0.25, 0.3) is 0 Å². The summed E-state index contributed by atoms with van der Waals surface area (Å²) in [5.41, 5.74) is 5.96. The first kappa shape index (κ1) is 21.4. The average molecular weight is 506 g/mol. The highest BCUT2D eigenvalue weighted by Crippen LogP contribution is 2.46. The zero-order valence-corrected chi connectivity index (χ0v) is 19.9. The Morgan fingerprint density at radius 2 is 1.64 bits per heavy atom. The van der Waals surface area contributed by atoms with Crippen molar-refractivity contribution in [2.75, 3.05) is 5.75 Å². The van der Waals surface area contributed by atoms with Gasteiger partial charge in [-0.2, -0.15) is 0 Å². The summed E-state index contributed by atoms with van der Waals surface area (Å²) in [7, 11) is 0. The highest BCUT2D eigenvalue weighted by atomic mass is 127.